The lowest BCUT2D eigenvalue weighted by atomic mass is 10.1. The van der Waals surface area contributed by atoms with Crippen molar-refractivity contribution in [3.8, 4) is 11.5 Å². The van der Waals surface area contributed by atoms with Crippen molar-refractivity contribution >= 4 is 17.4 Å². The lowest BCUT2D eigenvalue weighted by molar-refractivity contribution is 0.234. The summed E-state index contributed by atoms with van der Waals surface area (Å²) in [6, 6.07) is 19.2. The molecule has 3 heterocycles. The molecule has 2 aromatic carbocycles. The Balaban J connectivity index is 1.27. The molecular weight excluding hydrogens is 364 g/mol. The predicted molar refractivity (Wildman–Crippen MR) is 112 cm³/mol. The number of fused-ring (bicyclic) bond motifs is 3. The molecule has 6 nitrogen and oxygen atoms in total. The number of carbonyl (C=O) groups is 1. The van der Waals surface area contributed by atoms with Gasteiger partial charge in [-0.3, -0.25) is 14.8 Å². The van der Waals surface area contributed by atoms with Gasteiger partial charge in [-0.1, -0.05) is 30.3 Å². The molecule has 2 aliphatic rings. The number of para-hydroxylation sites is 4. The maximum atomic E-state index is 13.1. The first-order valence-corrected chi connectivity index (χ1v) is 9.88. The number of nitrogens with zero attached hydrogens (tertiary/aromatic N) is 3. The molecular formula is C23H22N4O2. The van der Waals surface area contributed by atoms with Crippen LogP contribution in [0.4, 0.5) is 16.2 Å². The average molecular weight is 386 g/mol. The zero-order valence-electron chi connectivity index (χ0n) is 16.0. The summed E-state index contributed by atoms with van der Waals surface area (Å²) in [4.78, 5) is 21.6. The van der Waals surface area contributed by atoms with Crippen molar-refractivity contribution < 1.29 is 9.53 Å². The molecule has 29 heavy (non-hydrogen) atoms. The molecule has 2 amide bonds. The standard InChI is InChI=1S/C23H22N4O2/c28-23(25-13-15-26-14-11-17-6-5-12-24-18(17)16-26)27-19-7-1-3-9-21(19)29-22-10-4-2-8-20(22)27/h1-10,12H,11,13-16H2,(H,25,28). The van der Waals surface area contributed by atoms with E-state index in [1.807, 2.05) is 60.8 Å². The molecule has 0 spiro atoms. The summed E-state index contributed by atoms with van der Waals surface area (Å²) in [5.41, 5.74) is 3.97. The van der Waals surface area contributed by atoms with E-state index in [0.717, 1.165) is 43.1 Å². The highest BCUT2D eigenvalue weighted by molar-refractivity contribution is 6.03. The largest absolute Gasteiger partial charge is 0.453 e. The number of carbonyl (C=O) groups excluding carboxylic acids is 1. The predicted octanol–water partition coefficient (Wildman–Crippen LogP) is 4.09. The molecule has 0 bridgehead atoms. The zero-order valence-corrected chi connectivity index (χ0v) is 16.0. The van der Waals surface area contributed by atoms with Gasteiger partial charge in [0.1, 0.15) is 0 Å². The van der Waals surface area contributed by atoms with Gasteiger partial charge < -0.3 is 10.1 Å². The number of hydrogen-bond acceptors (Lipinski definition) is 4. The van der Waals surface area contributed by atoms with Gasteiger partial charge in [-0.15, -0.1) is 0 Å². The van der Waals surface area contributed by atoms with Gasteiger partial charge in [-0.2, -0.15) is 0 Å². The molecule has 0 saturated heterocycles. The molecule has 0 fully saturated rings. The second kappa shape index (κ2) is 7.56. The van der Waals surface area contributed by atoms with Crippen LogP contribution in [0.2, 0.25) is 0 Å². The third kappa shape index (κ3) is 3.43. The molecule has 6 heteroatoms. The topological polar surface area (TPSA) is 57.7 Å². The van der Waals surface area contributed by atoms with Crippen LogP contribution in [0.1, 0.15) is 11.3 Å². The van der Waals surface area contributed by atoms with Crippen molar-refractivity contribution in [2.75, 3.05) is 24.5 Å². The highest BCUT2D eigenvalue weighted by Crippen LogP contribution is 2.46. The molecule has 3 aromatic rings. The van der Waals surface area contributed by atoms with Crippen molar-refractivity contribution in [3.63, 3.8) is 0 Å². The summed E-state index contributed by atoms with van der Waals surface area (Å²) in [6.07, 6.45) is 2.85. The first-order valence-electron chi connectivity index (χ1n) is 9.88. The Kier molecular flexibility index (Phi) is 4.62. The lowest BCUT2D eigenvalue weighted by Gasteiger charge is -2.32. The molecule has 0 radical (unpaired) electrons. The minimum absolute atomic E-state index is 0.149. The number of hydrogen-bond donors (Lipinski definition) is 1. The molecule has 1 aromatic heterocycles. The Morgan fingerprint density at radius 1 is 1.00 bits per heavy atom. The van der Waals surface area contributed by atoms with Crippen molar-refractivity contribution in [2.45, 2.75) is 13.0 Å². The molecule has 0 unspecified atom stereocenters. The number of rotatable bonds is 3. The summed E-state index contributed by atoms with van der Waals surface area (Å²) < 4.78 is 5.95. The number of urea groups is 1. The highest BCUT2D eigenvalue weighted by atomic mass is 16.5. The second-order valence-electron chi connectivity index (χ2n) is 7.24. The number of anilines is 2. The van der Waals surface area contributed by atoms with Crippen LogP contribution in [0.15, 0.2) is 66.9 Å². The highest BCUT2D eigenvalue weighted by Gasteiger charge is 2.28. The molecule has 0 saturated carbocycles. The van der Waals surface area contributed by atoms with Crippen LogP contribution < -0.4 is 15.0 Å². The van der Waals surface area contributed by atoms with Crippen LogP contribution in [0, 0.1) is 0 Å². The van der Waals surface area contributed by atoms with E-state index in [0.29, 0.717) is 18.0 Å². The first-order chi connectivity index (χ1) is 14.3. The molecule has 0 atom stereocenters. The Morgan fingerprint density at radius 3 is 2.48 bits per heavy atom. The van der Waals surface area contributed by atoms with Crippen molar-refractivity contribution in [1.82, 2.24) is 15.2 Å². The van der Waals surface area contributed by atoms with E-state index >= 15 is 0 Å². The van der Waals surface area contributed by atoms with Gasteiger partial charge in [0.05, 0.1) is 17.1 Å². The molecule has 146 valence electrons. The third-order valence-corrected chi connectivity index (χ3v) is 5.39. The molecule has 0 aliphatic carbocycles. The smallest absolute Gasteiger partial charge is 0.326 e. The van der Waals surface area contributed by atoms with E-state index in [9.17, 15) is 4.79 Å². The SMILES string of the molecule is O=C(NCCN1CCc2cccnc2C1)N1c2ccccc2Oc2ccccc21. The normalized spacial score (nSPS) is 15.0. The van der Waals surface area contributed by atoms with Crippen LogP contribution in [0.3, 0.4) is 0 Å². The van der Waals surface area contributed by atoms with E-state index in [-0.39, 0.29) is 6.03 Å². The maximum absolute atomic E-state index is 13.1. The van der Waals surface area contributed by atoms with Crippen LogP contribution in [-0.2, 0) is 13.0 Å². The fraction of sp³-hybridized carbons (Fsp3) is 0.217. The molecule has 2 aliphatic heterocycles. The maximum Gasteiger partial charge on any atom is 0.326 e. The van der Waals surface area contributed by atoms with Gasteiger partial charge in [0.25, 0.3) is 0 Å². The number of amides is 2. The number of aromatic nitrogens is 1. The van der Waals surface area contributed by atoms with E-state index in [4.69, 9.17) is 4.74 Å². The van der Waals surface area contributed by atoms with E-state index in [1.165, 1.54) is 5.56 Å². The van der Waals surface area contributed by atoms with E-state index in [2.05, 4.69) is 21.3 Å². The van der Waals surface area contributed by atoms with Crippen molar-refractivity contribution in [2.24, 2.45) is 0 Å². The van der Waals surface area contributed by atoms with Gasteiger partial charge in [-0.25, -0.2) is 4.79 Å². The summed E-state index contributed by atoms with van der Waals surface area (Å²) in [6.45, 7) is 3.17. The minimum Gasteiger partial charge on any atom is -0.453 e. The average Bonchev–Trinajstić information content (AvgIpc) is 2.77. The summed E-state index contributed by atoms with van der Waals surface area (Å²) in [5.74, 6) is 1.36. The minimum atomic E-state index is -0.149. The third-order valence-electron chi connectivity index (χ3n) is 5.39. The van der Waals surface area contributed by atoms with Gasteiger partial charge in [0.15, 0.2) is 11.5 Å². The Bertz CT molecular complexity index is 1010. The zero-order chi connectivity index (χ0) is 19.6. The van der Waals surface area contributed by atoms with Gasteiger partial charge in [-0.05, 0) is 42.3 Å². The van der Waals surface area contributed by atoms with E-state index < -0.39 is 0 Å². The van der Waals surface area contributed by atoms with Crippen LogP contribution in [0.5, 0.6) is 11.5 Å². The van der Waals surface area contributed by atoms with E-state index in [1.54, 1.807) is 4.90 Å². The van der Waals surface area contributed by atoms with Crippen LogP contribution in [-0.4, -0.2) is 35.5 Å². The molecule has 1 N–H and O–H groups in total. The monoisotopic (exact) mass is 386 g/mol. The Labute approximate surface area is 169 Å². The molecule has 5 rings (SSSR count). The first kappa shape index (κ1) is 17.7. The summed E-state index contributed by atoms with van der Waals surface area (Å²) in [5, 5.41) is 3.07. The number of benzene rings is 2. The van der Waals surface area contributed by atoms with Crippen molar-refractivity contribution in [1.29, 1.82) is 0 Å². The number of pyridine rings is 1. The van der Waals surface area contributed by atoms with Gasteiger partial charge in [0, 0.05) is 32.4 Å². The summed E-state index contributed by atoms with van der Waals surface area (Å²) in [7, 11) is 0. The second-order valence-corrected chi connectivity index (χ2v) is 7.24. The van der Waals surface area contributed by atoms with Gasteiger partial charge >= 0.3 is 6.03 Å². The van der Waals surface area contributed by atoms with Crippen LogP contribution >= 0.6 is 0 Å². The van der Waals surface area contributed by atoms with Crippen molar-refractivity contribution in [3.05, 3.63) is 78.1 Å². The van der Waals surface area contributed by atoms with Gasteiger partial charge in [0.2, 0.25) is 0 Å². The quantitative estimate of drug-likeness (QED) is 0.737. The lowest BCUT2D eigenvalue weighted by Crippen LogP contribution is -2.43. The van der Waals surface area contributed by atoms with Crippen LogP contribution in [0.25, 0.3) is 0 Å². The number of nitrogens with one attached hydrogen (secondary N) is 1. The Hall–Kier alpha value is -3.38. The summed E-state index contributed by atoms with van der Waals surface area (Å²) >= 11 is 0. The number of ether oxygens (including phenoxy) is 1. The fourth-order valence-corrected chi connectivity index (χ4v) is 3.93. The Morgan fingerprint density at radius 2 is 1.72 bits per heavy atom. The fourth-order valence-electron chi connectivity index (χ4n) is 3.93.